The van der Waals surface area contributed by atoms with Gasteiger partial charge >= 0.3 is 0 Å². The molecule has 2 nitrogen and oxygen atoms in total. The van der Waals surface area contributed by atoms with Crippen molar-refractivity contribution in [1.82, 2.24) is 0 Å². The van der Waals surface area contributed by atoms with Crippen molar-refractivity contribution in [1.29, 1.82) is 0 Å². The lowest BCUT2D eigenvalue weighted by Crippen LogP contribution is -1.93. The maximum Gasteiger partial charge on any atom is 0.185 e. The molecule has 2 rings (SSSR count). The summed E-state index contributed by atoms with van der Waals surface area (Å²) in [5.74, 6) is -0.225. The zero-order chi connectivity index (χ0) is 13.8. The van der Waals surface area contributed by atoms with Gasteiger partial charge < -0.3 is 5.11 Å². The number of aromatic hydroxyl groups is 1. The molecule has 0 fully saturated rings. The summed E-state index contributed by atoms with van der Waals surface area (Å²) in [4.78, 5) is 11.9. The molecule has 1 N–H and O–H groups in total. The minimum absolute atomic E-state index is 0.0418. The number of benzene rings is 2. The summed E-state index contributed by atoms with van der Waals surface area (Å²) < 4.78 is 0. The van der Waals surface area contributed by atoms with Crippen molar-refractivity contribution >= 4 is 35.1 Å². The summed E-state index contributed by atoms with van der Waals surface area (Å²) >= 11 is 11.5. The van der Waals surface area contributed by atoms with Crippen LogP contribution in [0.1, 0.15) is 15.9 Å². The normalized spacial score (nSPS) is 10.8. The summed E-state index contributed by atoms with van der Waals surface area (Å²) in [6.07, 6.45) is 3.14. The Labute approximate surface area is 120 Å². The first-order valence-corrected chi connectivity index (χ1v) is 6.28. The molecule has 2 aromatic rings. The molecule has 0 aliphatic heterocycles. The fraction of sp³-hybridized carbons (Fsp3) is 0. The van der Waals surface area contributed by atoms with Crippen LogP contribution in [-0.4, -0.2) is 10.9 Å². The number of rotatable bonds is 3. The van der Waals surface area contributed by atoms with Crippen LogP contribution in [0.25, 0.3) is 6.08 Å². The van der Waals surface area contributed by atoms with E-state index in [9.17, 15) is 9.90 Å². The minimum atomic E-state index is -0.183. The van der Waals surface area contributed by atoms with Crippen molar-refractivity contribution < 1.29 is 9.90 Å². The average Bonchev–Trinajstić information content (AvgIpc) is 2.41. The van der Waals surface area contributed by atoms with Crippen molar-refractivity contribution in [3.05, 3.63) is 69.7 Å². The Kier molecular flexibility index (Phi) is 4.25. The van der Waals surface area contributed by atoms with Crippen molar-refractivity contribution in [3.8, 4) is 5.75 Å². The van der Waals surface area contributed by atoms with E-state index in [1.807, 2.05) is 12.1 Å². The van der Waals surface area contributed by atoms with Gasteiger partial charge in [-0.15, -0.1) is 0 Å². The molecule has 0 amide bonds. The Morgan fingerprint density at radius 1 is 1.05 bits per heavy atom. The highest BCUT2D eigenvalue weighted by Gasteiger charge is 2.05. The molecule has 0 aliphatic carbocycles. The molecule has 96 valence electrons. The van der Waals surface area contributed by atoms with E-state index in [0.29, 0.717) is 10.6 Å². The second-order valence-electron chi connectivity index (χ2n) is 3.92. The Morgan fingerprint density at radius 2 is 1.74 bits per heavy atom. The van der Waals surface area contributed by atoms with Crippen molar-refractivity contribution in [2.75, 3.05) is 0 Å². The van der Waals surface area contributed by atoms with Gasteiger partial charge in [0.25, 0.3) is 0 Å². The van der Waals surface area contributed by atoms with E-state index in [1.165, 1.54) is 24.3 Å². The molecular weight excluding hydrogens is 283 g/mol. The van der Waals surface area contributed by atoms with Crippen LogP contribution in [0.3, 0.4) is 0 Å². The molecule has 0 heterocycles. The zero-order valence-electron chi connectivity index (χ0n) is 9.81. The van der Waals surface area contributed by atoms with E-state index < -0.39 is 0 Å². The minimum Gasteiger partial charge on any atom is -0.506 e. The summed E-state index contributed by atoms with van der Waals surface area (Å²) in [7, 11) is 0. The van der Waals surface area contributed by atoms with Gasteiger partial charge in [0.05, 0.1) is 5.02 Å². The van der Waals surface area contributed by atoms with Crippen LogP contribution in [0.2, 0.25) is 10.0 Å². The number of ketones is 1. The van der Waals surface area contributed by atoms with Gasteiger partial charge in [-0.25, -0.2) is 0 Å². The zero-order valence-corrected chi connectivity index (χ0v) is 11.3. The second-order valence-corrected chi connectivity index (χ2v) is 4.76. The van der Waals surface area contributed by atoms with E-state index in [2.05, 4.69) is 0 Å². The monoisotopic (exact) mass is 292 g/mol. The van der Waals surface area contributed by atoms with Crippen LogP contribution < -0.4 is 0 Å². The first kappa shape index (κ1) is 13.7. The fourth-order valence-electron chi connectivity index (χ4n) is 1.50. The maximum absolute atomic E-state index is 11.9. The average molecular weight is 293 g/mol. The van der Waals surface area contributed by atoms with Crippen LogP contribution in [0, 0.1) is 0 Å². The lowest BCUT2D eigenvalue weighted by atomic mass is 10.1. The fourth-order valence-corrected chi connectivity index (χ4v) is 1.81. The highest BCUT2D eigenvalue weighted by Crippen LogP contribution is 2.24. The van der Waals surface area contributed by atoms with Crippen LogP contribution in [-0.2, 0) is 0 Å². The van der Waals surface area contributed by atoms with Gasteiger partial charge in [-0.1, -0.05) is 41.4 Å². The second kappa shape index (κ2) is 5.91. The Balaban J connectivity index is 2.16. The summed E-state index contributed by atoms with van der Waals surface area (Å²) in [5.41, 5.74) is 1.30. The van der Waals surface area contributed by atoms with Crippen LogP contribution in [0.4, 0.5) is 0 Å². The number of hydrogen-bond acceptors (Lipinski definition) is 2. The molecule has 0 saturated heterocycles. The molecule has 0 saturated carbocycles. The predicted octanol–water partition coefficient (Wildman–Crippen LogP) is 4.60. The molecule has 0 radical (unpaired) electrons. The number of hydrogen-bond donors (Lipinski definition) is 1. The lowest BCUT2D eigenvalue weighted by molar-refractivity contribution is 0.104. The molecule has 0 spiro atoms. The molecule has 4 heteroatoms. The number of allylic oxidation sites excluding steroid dienone is 1. The lowest BCUT2D eigenvalue weighted by Gasteiger charge is -1.99. The smallest absolute Gasteiger partial charge is 0.185 e. The SMILES string of the molecule is O=C(/C=C\c1ccc(Cl)cc1)c1ccc(O)c(Cl)c1. The van der Waals surface area contributed by atoms with Gasteiger partial charge in [-0.2, -0.15) is 0 Å². The van der Waals surface area contributed by atoms with Gasteiger partial charge in [0.1, 0.15) is 5.75 Å². The van der Waals surface area contributed by atoms with Gasteiger partial charge in [-0.3, -0.25) is 4.79 Å². The Bertz CT molecular complexity index is 631. The van der Waals surface area contributed by atoms with Gasteiger partial charge in [0, 0.05) is 10.6 Å². The molecule has 0 bridgehead atoms. The van der Waals surface area contributed by atoms with E-state index in [0.717, 1.165) is 5.56 Å². The highest BCUT2D eigenvalue weighted by molar-refractivity contribution is 6.32. The quantitative estimate of drug-likeness (QED) is 0.663. The molecule has 19 heavy (non-hydrogen) atoms. The molecule has 0 atom stereocenters. The van der Waals surface area contributed by atoms with Crippen molar-refractivity contribution in [3.63, 3.8) is 0 Å². The largest absolute Gasteiger partial charge is 0.506 e. The van der Waals surface area contributed by atoms with E-state index in [-0.39, 0.29) is 16.6 Å². The van der Waals surface area contributed by atoms with Crippen LogP contribution in [0.15, 0.2) is 48.5 Å². The van der Waals surface area contributed by atoms with Gasteiger partial charge in [0.15, 0.2) is 5.78 Å². The van der Waals surface area contributed by atoms with Crippen LogP contribution >= 0.6 is 23.2 Å². The highest BCUT2D eigenvalue weighted by atomic mass is 35.5. The van der Waals surface area contributed by atoms with Crippen LogP contribution in [0.5, 0.6) is 5.75 Å². The van der Waals surface area contributed by atoms with E-state index in [1.54, 1.807) is 18.2 Å². The van der Waals surface area contributed by atoms with Gasteiger partial charge in [-0.05, 0) is 42.0 Å². The summed E-state index contributed by atoms with van der Waals surface area (Å²) in [6.45, 7) is 0. The molecule has 0 aromatic heterocycles. The summed E-state index contributed by atoms with van der Waals surface area (Å²) in [5, 5.41) is 10.1. The molecule has 0 aliphatic rings. The molecule has 2 aromatic carbocycles. The van der Waals surface area contributed by atoms with Gasteiger partial charge in [0.2, 0.25) is 0 Å². The number of halogens is 2. The third-order valence-corrected chi connectivity index (χ3v) is 3.08. The first-order valence-electron chi connectivity index (χ1n) is 5.53. The first-order chi connectivity index (χ1) is 9.06. The maximum atomic E-state index is 11.9. The molecule has 0 unspecified atom stereocenters. The standard InChI is InChI=1S/C15H10Cl2O2/c16-12-5-1-10(2-6-12)3-7-14(18)11-4-8-15(19)13(17)9-11/h1-9,19H/b7-3-. The Morgan fingerprint density at radius 3 is 2.37 bits per heavy atom. The van der Waals surface area contributed by atoms with E-state index in [4.69, 9.17) is 23.2 Å². The number of phenolic OH excluding ortho intramolecular Hbond substituents is 1. The number of phenols is 1. The topological polar surface area (TPSA) is 37.3 Å². The number of carbonyl (C=O) groups excluding carboxylic acids is 1. The number of carbonyl (C=O) groups is 1. The third-order valence-electron chi connectivity index (χ3n) is 2.53. The molecular formula is C15H10Cl2O2. The van der Waals surface area contributed by atoms with Crippen molar-refractivity contribution in [2.24, 2.45) is 0 Å². The third kappa shape index (κ3) is 3.60. The van der Waals surface area contributed by atoms with Crippen molar-refractivity contribution in [2.45, 2.75) is 0 Å². The Hall–Kier alpha value is -1.77. The summed E-state index contributed by atoms with van der Waals surface area (Å²) in [6, 6.07) is 11.5. The van der Waals surface area contributed by atoms with E-state index >= 15 is 0 Å². The predicted molar refractivity (Wildman–Crippen MR) is 77.9 cm³/mol.